The number of halogens is 2. The molecule has 1 heterocycles. The van der Waals surface area contributed by atoms with Crippen LogP contribution in [-0.4, -0.2) is 62.8 Å². The second kappa shape index (κ2) is 9.56. The van der Waals surface area contributed by atoms with E-state index in [-0.39, 0.29) is 15.8 Å². The molecule has 1 fully saturated rings. The molecule has 0 aromatic heterocycles. The Bertz CT molecular complexity index is 1020. The molecule has 3 rings (SSSR count). The van der Waals surface area contributed by atoms with E-state index >= 15 is 0 Å². The molecule has 1 amide bonds. The number of nitrogens with zero attached hydrogens (tertiary/aromatic N) is 3. The highest BCUT2D eigenvalue weighted by molar-refractivity contribution is 7.89. The fourth-order valence-corrected chi connectivity index (χ4v) is 5.79. The van der Waals surface area contributed by atoms with Gasteiger partial charge in [0.25, 0.3) is 5.91 Å². The van der Waals surface area contributed by atoms with Gasteiger partial charge in [-0.3, -0.25) is 4.79 Å². The zero-order valence-electron chi connectivity index (χ0n) is 17.0. The molecule has 1 saturated heterocycles. The number of carbonyl (C=O) groups excluding carboxylic acids is 1. The van der Waals surface area contributed by atoms with Crippen LogP contribution < -0.4 is 4.90 Å². The van der Waals surface area contributed by atoms with E-state index in [0.29, 0.717) is 49.9 Å². The number of amides is 1. The Morgan fingerprint density at radius 3 is 2.20 bits per heavy atom. The Labute approximate surface area is 188 Å². The number of anilines is 1. The third-order valence-corrected chi connectivity index (χ3v) is 8.11. The van der Waals surface area contributed by atoms with Gasteiger partial charge in [-0.1, -0.05) is 49.2 Å². The number of hydrogen-bond acceptors (Lipinski definition) is 4. The fraction of sp³-hybridized carbons (Fsp3) is 0.381. The maximum absolute atomic E-state index is 13.0. The lowest BCUT2D eigenvalue weighted by Gasteiger charge is -2.36. The first-order chi connectivity index (χ1) is 14.3. The highest BCUT2D eigenvalue weighted by Crippen LogP contribution is 2.28. The summed E-state index contributed by atoms with van der Waals surface area (Å²) in [5.74, 6) is -0.207. The van der Waals surface area contributed by atoms with E-state index in [4.69, 9.17) is 23.2 Å². The summed E-state index contributed by atoms with van der Waals surface area (Å²) in [4.78, 5) is 16.9. The molecule has 0 radical (unpaired) electrons. The summed E-state index contributed by atoms with van der Waals surface area (Å²) in [5.41, 5.74) is 1.27. The van der Waals surface area contributed by atoms with Crippen molar-refractivity contribution in [2.75, 3.05) is 44.2 Å². The summed E-state index contributed by atoms with van der Waals surface area (Å²) in [6.45, 7) is 6.52. The Balaban J connectivity index is 1.78. The van der Waals surface area contributed by atoms with Crippen molar-refractivity contribution in [2.45, 2.75) is 18.7 Å². The van der Waals surface area contributed by atoms with Crippen LogP contribution in [0.3, 0.4) is 0 Å². The lowest BCUT2D eigenvalue weighted by atomic mass is 10.1. The van der Waals surface area contributed by atoms with Crippen LogP contribution in [0.15, 0.2) is 47.4 Å². The third kappa shape index (κ3) is 4.59. The van der Waals surface area contributed by atoms with Gasteiger partial charge in [-0.25, -0.2) is 8.42 Å². The first-order valence-corrected chi connectivity index (χ1v) is 12.1. The van der Waals surface area contributed by atoms with Gasteiger partial charge < -0.3 is 9.80 Å². The Kier molecular flexibility index (Phi) is 7.29. The molecular formula is C21H25Cl2N3O3S. The van der Waals surface area contributed by atoms with Crippen LogP contribution in [0, 0.1) is 0 Å². The van der Waals surface area contributed by atoms with E-state index in [9.17, 15) is 13.2 Å². The molecule has 1 aliphatic heterocycles. The molecule has 6 nitrogen and oxygen atoms in total. The average molecular weight is 470 g/mol. The Morgan fingerprint density at radius 2 is 1.60 bits per heavy atom. The van der Waals surface area contributed by atoms with Gasteiger partial charge in [-0.15, -0.1) is 0 Å². The number of para-hydroxylation sites is 1. The van der Waals surface area contributed by atoms with E-state index in [0.717, 1.165) is 5.69 Å². The molecule has 0 spiro atoms. The standard InChI is InChI=1S/C21H25Cl2N3O3S/c1-3-26(4-2)30(28,29)20-15-16(9-10-18(20)23)21(27)25-13-11-24(12-14-25)19-8-6-5-7-17(19)22/h5-10,15H,3-4,11-14H2,1-2H3. The number of benzene rings is 2. The summed E-state index contributed by atoms with van der Waals surface area (Å²) in [7, 11) is -3.76. The monoisotopic (exact) mass is 469 g/mol. The van der Waals surface area contributed by atoms with E-state index in [1.807, 2.05) is 24.3 Å². The summed E-state index contributed by atoms with van der Waals surface area (Å²) in [6.07, 6.45) is 0. The molecule has 0 N–H and O–H groups in total. The summed E-state index contributed by atoms with van der Waals surface area (Å²) in [5, 5.41) is 0.795. The van der Waals surface area contributed by atoms with Crippen molar-refractivity contribution in [1.82, 2.24) is 9.21 Å². The van der Waals surface area contributed by atoms with Gasteiger partial charge in [0.05, 0.1) is 15.7 Å². The van der Waals surface area contributed by atoms with Crippen molar-refractivity contribution in [3.63, 3.8) is 0 Å². The molecule has 0 saturated carbocycles. The van der Waals surface area contributed by atoms with Crippen LogP contribution in [0.25, 0.3) is 0 Å². The van der Waals surface area contributed by atoms with E-state index < -0.39 is 10.0 Å². The van der Waals surface area contributed by atoms with E-state index in [1.165, 1.54) is 16.4 Å². The quantitative estimate of drug-likeness (QED) is 0.641. The van der Waals surface area contributed by atoms with Crippen molar-refractivity contribution in [1.29, 1.82) is 0 Å². The Morgan fingerprint density at radius 1 is 0.967 bits per heavy atom. The van der Waals surface area contributed by atoms with E-state index in [2.05, 4.69) is 4.90 Å². The fourth-order valence-electron chi connectivity index (χ4n) is 3.58. The predicted molar refractivity (Wildman–Crippen MR) is 121 cm³/mol. The van der Waals surface area contributed by atoms with Crippen LogP contribution >= 0.6 is 23.2 Å². The highest BCUT2D eigenvalue weighted by atomic mass is 35.5. The predicted octanol–water partition coefficient (Wildman–Crippen LogP) is 3.99. The van der Waals surface area contributed by atoms with Crippen molar-refractivity contribution in [3.8, 4) is 0 Å². The minimum absolute atomic E-state index is 0.0339. The van der Waals surface area contributed by atoms with Crippen LogP contribution in [0.5, 0.6) is 0 Å². The molecule has 0 aliphatic carbocycles. The largest absolute Gasteiger partial charge is 0.367 e. The Hall–Kier alpha value is -1.80. The van der Waals surface area contributed by atoms with Gasteiger partial charge in [-0.05, 0) is 30.3 Å². The summed E-state index contributed by atoms with van der Waals surface area (Å²) < 4.78 is 27.1. The minimum atomic E-state index is -3.76. The molecule has 162 valence electrons. The maximum Gasteiger partial charge on any atom is 0.254 e. The number of rotatable bonds is 6. The number of carbonyl (C=O) groups is 1. The third-order valence-electron chi connectivity index (χ3n) is 5.26. The van der Waals surface area contributed by atoms with Crippen LogP contribution in [0.1, 0.15) is 24.2 Å². The van der Waals surface area contributed by atoms with Gasteiger partial charge in [0.15, 0.2) is 0 Å². The first-order valence-electron chi connectivity index (χ1n) is 9.88. The van der Waals surface area contributed by atoms with Crippen molar-refractivity contribution >= 4 is 44.8 Å². The number of hydrogen-bond donors (Lipinski definition) is 0. The molecule has 2 aromatic rings. The topological polar surface area (TPSA) is 60.9 Å². The van der Waals surface area contributed by atoms with Crippen LogP contribution in [-0.2, 0) is 10.0 Å². The van der Waals surface area contributed by atoms with Crippen molar-refractivity contribution in [3.05, 3.63) is 58.1 Å². The number of sulfonamides is 1. The normalized spacial score (nSPS) is 15.0. The number of piperazine rings is 1. The van der Waals surface area contributed by atoms with Gasteiger partial charge in [0.1, 0.15) is 4.90 Å². The van der Waals surface area contributed by atoms with Crippen molar-refractivity contribution < 1.29 is 13.2 Å². The lowest BCUT2D eigenvalue weighted by molar-refractivity contribution is 0.0746. The summed E-state index contributed by atoms with van der Waals surface area (Å²) in [6, 6.07) is 12.1. The lowest BCUT2D eigenvalue weighted by Crippen LogP contribution is -2.48. The summed E-state index contributed by atoms with van der Waals surface area (Å²) >= 11 is 12.5. The maximum atomic E-state index is 13.0. The molecule has 1 aliphatic rings. The van der Waals surface area contributed by atoms with Gasteiger partial charge in [0.2, 0.25) is 10.0 Å². The van der Waals surface area contributed by atoms with E-state index in [1.54, 1.807) is 24.8 Å². The molecule has 9 heteroatoms. The molecular weight excluding hydrogens is 445 g/mol. The second-order valence-electron chi connectivity index (χ2n) is 6.97. The average Bonchev–Trinajstić information content (AvgIpc) is 2.74. The van der Waals surface area contributed by atoms with Crippen LogP contribution in [0.2, 0.25) is 10.0 Å². The SMILES string of the molecule is CCN(CC)S(=O)(=O)c1cc(C(=O)N2CCN(c3ccccc3Cl)CC2)ccc1Cl. The van der Waals surface area contributed by atoms with Crippen LogP contribution in [0.4, 0.5) is 5.69 Å². The molecule has 2 aromatic carbocycles. The zero-order chi connectivity index (χ0) is 21.9. The molecule has 0 unspecified atom stereocenters. The smallest absolute Gasteiger partial charge is 0.254 e. The highest BCUT2D eigenvalue weighted by Gasteiger charge is 2.28. The molecule has 0 atom stereocenters. The molecule has 0 bridgehead atoms. The minimum Gasteiger partial charge on any atom is -0.367 e. The first kappa shape index (κ1) is 22.9. The van der Waals surface area contributed by atoms with Gasteiger partial charge in [-0.2, -0.15) is 4.31 Å². The van der Waals surface area contributed by atoms with Gasteiger partial charge in [0, 0.05) is 44.8 Å². The van der Waals surface area contributed by atoms with Gasteiger partial charge >= 0.3 is 0 Å². The molecule has 30 heavy (non-hydrogen) atoms. The zero-order valence-corrected chi connectivity index (χ0v) is 19.3. The second-order valence-corrected chi connectivity index (χ2v) is 9.69. The van der Waals surface area contributed by atoms with Crippen molar-refractivity contribution in [2.24, 2.45) is 0 Å².